The quantitative estimate of drug-likeness (QED) is 0.325. The Kier molecular flexibility index (Phi) is 7.59. The number of carbonyl (C=O) groups excluding carboxylic acids is 1. The molecule has 0 amide bonds. The van der Waals surface area contributed by atoms with Gasteiger partial charge in [-0.15, -0.1) is 0 Å². The topological polar surface area (TPSA) is 35.5 Å². The number of rotatable bonds is 7. The molecule has 4 rings (SSSR count). The molecule has 3 aromatic rings. The van der Waals surface area contributed by atoms with Gasteiger partial charge in [-0.05, 0) is 67.3 Å². The molecule has 1 fully saturated rings. The first-order chi connectivity index (χ1) is 16.9. The maximum atomic E-state index is 15.0. The Morgan fingerprint density at radius 3 is 2.31 bits per heavy atom. The van der Waals surface area contributed by atoms with Crippen molar-refractivity contribution in [2.45, 2.75) is 44.6 Å². The van der Waals surface area contributed by atoms with Crippen molar-refractivity contribution in [3.05, 3.63) is 95.3 Å². The maximum Gasteiger partial charge on any atom is 0.341 e. The molecule has 3 aromatic carbocycles. The normalized spacial score (nSPS) is 17.6. The molecule has 0 unspecified atom stereocenters. The van der Waals surface area contributed by atoms with Crippen LogP contribution in [0.5, 0.6) is 5.75 Å². The summed E-state index contributed by atoms with van der Waals surface area (Å²) in [7, 11) is 0. The van der Waals surface area contributed by atoms with Crippen molar-refractivity contribution in [1.29, 1.82) is 0 Å². The van der Waals surface area contributed by atoms with Gasteiger partial charge in [0.15, 0.2) is 11.6 Å². The molecule has 0 saturated heterocycles. The Morgan fingerprint density at radius 2 is 1.69 bits per heavy atom. The van der Waals surface area contributed by atoms with Gasteiger partial charge in [0.25, 0.3) is 0 Å². The number of hydrogen-bond acceptors (Lipinski definition) is 3. The fourth-order valence-electron chi connectivity index (χ4n) is 4.53. The molecule has 0 radical (unpaired) electrons. The molecule has 0 aromatic heterocycles. The summed E-state index contributed by atoms with van der Waals surface area (Å²) in [5.74, 6) is -2.99. The summed E-state index contributed by atoms with van der Waals surface area (Å²) in [5.41, 5.74) is 1.88. The molecule has 0 spiro atoms. The molecule has 1 aliphatic rings. The van der Waals surface area contributed by atoms with E-state index in [0.29, 0.717) is 49.2 Å². The zero-order chi connectivity index (χ0) is 24.9. The molecule has 0 atom stereocenters. The van der Waals surface area contributed by atoms with Crippen molar-refractivity contribution >= 4 is 12.0 Å². The SMILES string of the molecule is C=Cc1ccc(-c2ccc(C3CCC(OC(=O)c4ccc(OCC)cc4F)CC3)c(F)c2F)cc1. The third kappa shape index (κ3) is 5.42. The van der Waals surface area contributed by atoms with Crippen molar-refractivity contribution in [3.8, 4) is 16.9 Å². The van der Waals surface area contributed by atoms with Gasteiger partial charge in [-0.3, -0.25) is 0 Å². The Hall–Kier alpha value is -3.54. The van der Waals surface area contributed by atoms with Crippen molar-refractivity contribution in [1.82, 2.24) is 0 Å². The Morgan fingerprint density at radius 1 is 0.971 bits per heavy atom. The molecule has 0 bridgehead atoms. The molecule has 182 valence electrons. The van der Waals surface area contributed by atoms with Gasteiger partial charge in [-0.2, -0.15) is 0 Å². The Balaban J connectivity index is 1.40. The van der Waals surface area contributed by atoms with E-state index in [1.54, 1.807) is 49.4 Å². The van der Waals surface area contributed by atoms with Crippen molar-refractivity contribution in [2.75, 3.05) is 6.61 Å². The van der Waals surface area contributed by atoms with Crippen LogP contribution in [0.4, 0.5) is 13.2 Å². The number of ether oxygens (including phenoxy) is 2. The fourth-order valence-corrected chi connectivity index (χ4v) is 4.53. The van der Waals surface area contributed by atoms with Crippen LogP contribution in [-0.4, -0.2) is 18.7 Å². The van der Waals surface area contributed by atoms with E-state index < -0.39 is 29.5 Å². The number of carbonyl (C=O) groups is 1. The van der Waals surface area contributed by atoms with Crippen LogP contribution in [-0.2, 0) is 4.74 Å². The lowest BCUT2D eigenvalue weighted by Crippen LogP contribution is -2.24. The summed E-state index contributed by atoms with van der Waals surface area (Å²) in [5, 5.41) is 0. The lowest BCUT2D eigenvalue weighted by atomic mass is 9.82. The second-order valence-corrected chi connectivity index (χ2v) is 8.61. The van der Waals surface area contributed by atoms with Gasteiger partial charge in [0.2, 0.25) is 0 Å². The highest BCUT2D eigenvalue weighted by Gasteiger charge is 2.29. The van der Waals surface area contributed by atoms with Crippen molar-refractivity contribution < 1.29 is 27.4 Å². The number of esters is 1. The van der Waals surface area contributed by atoms with Crippen LogP contribution in [0.15, 0.2) is 61.2 Å². The molecule has 6 heteroatoms. The maximum absolute atomic E-state index is 15.0. The predicted molar refractivity (Wildman–Crippen MR) is 130 cm³/mol. The van der Waals surface area contributed by atoms with Crippen molar-refractivity contribution in [2.24, 2.45) is 0 Å². The van der Waals surface area contributed by atoms with Crippen molar-refractivity contribution in [3.63, 3.8) is 0 Å². The van der Waals surface area contributed by atoms with E-state index >= 15 is 4.39 Å². The van der Waals surface area contributed by atoms with E-state index in [4.69, 9.17) is 9.47 Å². The summed E-state index contributed by atoms with van der Waals surface area (Å²) < 4.78 is 54.9. The van der Waals surface area contributed by atoms with Gasteiger partial charge < -0.3 is 9.47 Å². The predicted octanol–water partition coefficient (Wildman–Crippen LogP) is 7.70. The first-order valence-corrected chi connectivity index (χ1v) is 11.7. The van der Waals surface area contributed by atoms with Gasteiger partial charge in [0, 0.05) is 11.6 Å². The van der Waals surface area contributed by atoms with E-state index in [9.17, 15) is 13.6 Å². The highest BCUT2D eigenvalue weighted by atomic mass is 19.2. The third-order valence-corrected chi connectivity index (χ3v) is 6.43. The summed E-state index contributed by atoms with van der Waals surface area (Å²) in [6.45, 7) is 5.87. The summed E-state index contributed by atoms with van der Waals surface area (Å²) in [4.78, 5) is 12.4. The minimum absolute atomic E-state index is 0.152. The molecule has 3 nitrogen and oxygen atoms in total. The van der Waals surface area contributed by atoms with Crippen LogP contribution in [0.25, 0.3) is 17.2 Å². The lowest BCUT2D eigenvalue weighted by molar-refractivity contribution is 0.0189. The van der Waals surface area contributed by atoms with Gasteiger partial charge in [-0.25, -0.2) is 18.0 Å². The standard InChI is InChI=1S/C29H27F3O3/c1-3-18-5-7-19(8-6-18)23-15-16-24(28(32)27(23)31)20-9-11-21(12-10-20)35-29(33)25-14-13-22(34-4-2)17-26(25)30/h3,5-8,13-17,20-21H,1,4,9-12H2,2H3. The summed E-state index contributed by atoms with van der Waals surface area (Å²) >= 11 is 0. The van der Waals surface area contributed by atoms with Crippen LogP contribution in [0, 0.1) is 17.5 Å². The van der Waals surface area contributed by atoms with Crippen LogP contribution in [0.3, 0.4) is 0 Å². The minimum atomic E-state index is -0.867. The molecule has 0 aliphatic heterocycles. The van der Waals surface area contributed by atoms with Gasteiger partial charge in [0.1, 0.15) is 17.7 Å². The zero-order valence-corrected chi connectivity index (χ0v) is 19.5. The summed E-state index contributed by atoms with van der Waals surface area (Å²) in [6.07, 6.45) is 3.33. The molecule has 0 N–H and O–H groups in total. The van der Waals surface area contributed by atoms with Crippen LogP contribution in [0.2, 0.25) is 0 Å². The third-order valence-electron chi connectivity index (χ3n) is 6.43. The largest absolute Gasteiger partial charge is 0.494 e. The molecule has 35 heavy (non-hydrogen) atoms. The molecule has 0 heterocycles. The second-order valence-electron chi connectivity index (χ2n) is 8.61. The smallest absolute Gasteiger partial charge is 0.341 e. The van der Waals surface area contributed by atoms with Crippen LogP contribution < -0.4 is 4.74 Å². The van der Waals surface area contributed by atoms with Crippen LogP contribution >= 0.6 is 0 Å². The Bertz CT molecular complexity index is 1210. The zero-order valence-electron chi connectivity index (χ0n) is 19.5. The second kappa shape index (κ2) is 10.8. The highest BCUT2D eigenvalue weighted by Crippen LogP contribution is 2.38. The highest BCUT2D eigenvalue weighted by molar-refractivity contribution is 5.90. The van der Waals surface area contributed by atoms with E-state index in [1.165, 1.54) is 12.1 Å². The monoisotopic (exact) mass is 480 g/mol. The Labute approximate surface area is 203 Å². The molecular weight excluding hydrogens is 453 g/mol. The lowest BCUT2D eigenvalue weighted by Gasteiger charge is -2.29. The van der Waals surface area contributed by atoms with E-state index in [-0.39, 0.29) is 17.0 Å². The number of hydrogen-bond donors (Lipinski definition) is 0. The fraction of sp³-hybridized carbons (Fsp3) is 0.276. The number of halogens is 3. The molecule has 1 saturated carbocycles. The molecule has 1 aliphatic carbocycles. The van der Waals surface area contributed by atoms with E-state index in [0.717, 1.165) is 11.6 Å². The number of benzene rings is 3. The molecular formula is C29H27F3O3. The van der Waals surface area contributed by atoms with E-state index in [1.807, 2.05) is 0 Å². The average molecular weight is 481 g/mol. The summed E-state index contributed by atoms with van der Waals surface area (Å²) in [6, 6.07) is 14.4. The first-order valence-electron chi connectivity index (χ1n) is 11.7. The average Bonchev–Trinajstić information content (AvgIpc) is 2.86. The van der Waals surface area contributed by atoms with Gasteiger partial charge in [0.05, 0.1) is 12.2 Å². The van der Waals surface area contributed by atoms with Crippen LogP contribution in [0.1, 0.15) is 60.0 Å². The first kappa shape index (κ1) is 24.6. The van der Waals surface area contributed by atoms with E-state index in [2.05, 4.69) is 6.58 Å². The van der Waals surface area contributed by atoms with Gasteiger partial charge in [-0.1, -0.05) is 49.1 Å². The van der Waals surface area contributed by atoms with Gasteiger partial charge >= 0.3 is 5.97 Å². The minimum Gasteiger partial charge on any atom is -0.494 e.